The van der Waals surface area contributed by atoms with Crippen LogP contribution in [0.2, 0.25) is 0 Å². The van der Waals surface area contributed by atoms with Crippen LogP contribution in [-0.4, -0.2) is 109 Å². The van der Waals surface area contributed by atoms with Crippen molar-refractivity contribution in [1.82, 2.24) is 29.1 Å². The van der Waals surface area contributed by atoms with Crippen molar-refractivity contribution in [3.63, 3.8) is 0 Å². The molecule has 27 heteroatoms. The number of methoxy groups -OCH3 is 1. The van der Waals surface area contributed by atoms with E-state index in [9.17, 15) is 28.9 Å². The minimum atomic E-state index is -5.23. The molecule has 1 saturated heterocycles. The maximum atomic E-state index is 16.9. The Bertz CT molecular complexity index is 2380. The number of phosphoric ester groups is 1. The third-order valence-electron chi connectivity index (χ3n) is 8.19. The van der Waals surface area contributed by atoms with Gasteiger partial charge in [0.05, 0.1) is 57.7 Å². The highest BCUT2D eigenvalue weighted by Crippen LogP contribution is 2.55. The number of aromatic nitrogens is 6. The lowest BCUT2D eigenvalue weighted by molar-refractivity contribution is -0.0825. The molecule has 1 aliphatic heterocycles. The minimum absolute atomic E-state index is 0.0147. The fourth-order valence-corrected chi connectivity index (χ4v) is 8.45. The molecule has 1 amide bonds. The molecule has 5 rings (SSSR count). The van der Waals surface area contributed by atoms with Gasteiger partial charge in [0.1, 0.15) is 24.6 Å². The normalized spacial score (nSPS) is 21.4. The molecule has 1 aromatic carbocycles. The third kappa shape index (κ3) is 11.3. The second-order valence-electron chi connectivity index (χ2n) is 12.1. The summed E-state index contributed by atoms with van der Waals surface area (Å²) in [4.78, 5) is 62.2. The summed E-state index contributed by atoms with van der Waals surface area (Å²) in [7, 11) is -4.16. The lowest BCUT2D eigenvalue weighted by atomic mass is 10.1. The summed E-state index contributed by atoms with van der Waals surface area (Å²) < 4.78 is 85.6. The summed E-state index contributed by atoms with van der Waals surface area (Å²) in [5, 5.41) is 30.4. The van der Waals surface area contributed by atoms with Gasteiger partial charge in [-0.05, 0) is 23.9 Å². The molecule has 59 heavy (non-hydrogen) atoms. The molecule has 4 N–H and O–H groups in total. The van der Waals surface area contributed by atoms with Crippen molar-refractivity contribution >= 4 is 49.2 Å². The predicted octanol–water partition coefficient (Wildman–Crippen LogP) is 2.31. The summed E-state index contributed by atoms with van der Waals surface area (Å²) >= 11 is 5.52. The number of rotatable bonds is 21. The molecular weight excluding hydrogens is 850 g/mol. The van der Waals surface area contributed by atoms with Crippen LogP contribution >= 0.6 is 14.5 Å². The Balaban J connectivity index is 1.47. The molecule has 22 nitrogen and oxygen atoms in total. The van der Waals surface area contributed by atoms with Crippen molar-refractivity contribution in [3.8, 4) is 12.1 Å². The Hall–Kier alpha value is -4.72. The van der Waals surface area contributed by atoms with Gasteiger partial charge in [0.2, 0.25) is 0 Å². The quantitative estimate of drug-likeness (QED) is 0.0689. The van der Waals surface area contributed by atoms with Crippen LogP contribution in [0.5, 0.6) is 0 Å². The van der Waals surface area contributed by atoms with Gasteiger partial charge in [-0.25, -0.2) is 33.1 Å². The Labute approximate surface area is 337 Å². The van der Waals surface area contributed by atoms with Crippen LogP contribution in [0.25, 0.3) is 11.2 Å². The number of imidazole rings is 1. The summed E-state index contributed by atoms with van der Waals surface area (Å²) in [6.07, 6.45) is -11.5. The van der Waals surface area contributed by atoms with Gasteiger partial charge >= 0.3 is 20.2 Å². The van der Waals surface area contributed by atoms with Crippen LogP contribution in [0.15, 0.2) is 64.8 Å². The number of nitrogens with one attached hydrogen (secondary N) is 2. The zero-order chi connectivity index (χ0) is 42.7. The highest BCUT2D eigenvalue weighted by atomic mass is 32.5. The van der Waals surface area contributed by atoms with Crippen LogP contribution in [-0.2, 0) is 48.5 Å². The Morgan fingerprint density at radius 1 is 1.12 bits per heavy atom. The molecule has 4 aromatic rings. The van der Waals surface area contributed by atoms with Gasteiger partial charge in [0, 0.05) is 24.9 Å². The number of halogens is 2. The maximum Gasteiger partial charge on any atom is 0.472 e. The number of carbonyl (C=O) groups excluding carboxylic acids is 1. The molecule has 3 aromatic heterocycles. The lowest BCUT2D eigenvalue weighted by Gasteiger charge is -2.32. The zero-order valence-corrected chi connectivity index (χ0v) is 33.2. The molecule has 0 saturated carbocycles. The first-order valence-corrected chi connectivity index (χ1v) is 21.2. The fourth-order valence-electron chi connectivity index (χ4n) is 5.49. The van der Waals surface area contributed by atoms with Crippen LogP contribution < -0.4 is 16.6 Å². The van der Waals surface area contributed by atoms with Gasteiger partial charge in [-0.2, -0.15) is 10.5 Å². The number of nitriles is 2. The Kier molecular flexibility index (Phi) is 15.8. The number of hydrogen-bond donors (Lipinski definition) is 4. The number of fused-ring (bicyclic) bond motifs is 1. The van der Waals surface area contributed by atoms with Crippen molar-refractivity contribution in [2.45, 2.75) is 56.0 Å². The standard InChI is InChI=1S/C32H35F2N9O13P2S/c1-50-30(43-18-39-25-27(37-17-38-28(25)43)41-29(46)19-7-3-2-4-8-19)24(34)21(55-57(48,49)51-13-5-10-35)16-53-58(59,52-14-6-11-36)56-26-23(33)20(15-44)54-31(26)42-12-9-22(45)40-32(42)47/h2-4,7-9,12,17-18,20-21,23-24,26,30-31,44H,5-6,13-16H2,1H3,(H,48,49)(H,40,45,47)(H,37,38,41,46). The molecule has 4 heterocycles. The first kappa shape index (κ1) is 45.4. The summed E-state index contributed by atoms with van der Waals surface area (Å²) in [6.45, 7) is -7.59. The molecule has 0 spiro atoms. The van der Waals surface area contributed by atoms with Crippen LogP contribution in [0.1, 0.15) is 35.7 Å². The van der Waals surface area contributed by atoms with E-state index in [-0.39, 0.29) is 29.8 Å². The smallest absolute Gasteiger partial charge is 0.394 e. The van der Waals surface area contributed by atoms with Crippen molar-refractivity contribution in [1.29, 1.82) is 10.5 Å². The number of aromatic amines is 1. The third-order valence-corrected chi connectivity index (χ3v) is 11.6. The number of hydrogen-bond acceptors (Lipinski definition) is 18. The van der Waals surface area contributed by atoms with Gasteiger partial charge in [0.25, 0.3) is 11.5 Å². The number of amides is 1. The topological polar surface area (TPSA) is 297 Å². The van der Waals surface area contributed by atoms with Gasteiger partial charge in [-0.3, -0.25) is 37.3 Å². The maximum absolute atomic E-state index is 16.9. The highest BCUT2D eigenvalue weighted by molar-refractivity contribution is 8.07. The van der Waals surface area contributed by atoms with Crippen molar-refractivity contribution in [2.24, 2.45) is 0 Å². The number of aliphatic hydroxyl groups excluding tert-OH is 1. The SMILES string of the molecule is COC(C(F)C(COP(=S)(OCCC#N)OC1C(F)C(CO)OC1n1ccc(=O)[nH]c1=O)OP(=O)(O)OCCC#N)n1cnc2c(NC(=O)c3ccccc3)ncnc21. The molecule has 316 valence electrons. The second kappa shape index (κ2) is 20.5. The molecule has 0 radical (unpaired) electrons. The molecule has 9 atom stereocenters. The van der Waals surface area contributed by atoms with E-state index in [0.29, 0.717) is 5.56 Å². The zero-order valence-electron chi connectivity index (χ0n) is 30.6. The van der Waals surface area contributed by atoms with E-state index in [4.69, 9.17) is 54.4 Å². The minimum Gasteiger partial charge on any atom is -0.394 e. The van der Waals surface area contributed by atoms with E-state index < -0.39 is 101 Å². The number of benzene rings is 1. The fraction of sp³-hybridized carbons (Fsp3) is 0.438. The van der Waals surface area contributed by atoms with Gasteiger partial charge < -0.3 is 33.8 Å². The molecule has 0 bridgehead atoms. The number of alkyl halides is 2. The highest BCUT2D eigenvalue weighted by Gasteiger charge is 2.50. The predicted molar refractivity (Wildman–Crippen MR) is 200 cm³/mol. The van der Waals surface area contributed by atoms with E-state index in [1.165, 1.54) is 0 Å². The molecule has 0 aliphatic carbocycles. The van der Waals surface area contributed by atoms with Crippen LogP contribution in [0.4, 0.5) is 14.6 Å². The van der Waals surface area contributed by atoms with E-state index in [1.54, 1.807) is 42.5 Å². The number of H-pyrrole nitrogens is 1. The van der Waals surface area contributed by atoms with Crippen LogP contribution in [0, 0.1) is 22.7 Å². The largest absolute Gasteiger partial charge is 0.472 e. The van der Waals surface area contributed by atoms with E-state index in [0.717, 1.165) is 41.2 Å². The monoisotopic (exact) mass is 885 g/mol. The lowest BCUT2D eigenvalue weighted by Crippen LogP contribution is -2.39. The second-order valence-corrected chi connectivity index (χ2v) is 16.4. The van der Waals surface area contributed by atoms with Crippen molar-refractivity contribution in [2.75, 3.05) is 38.9 Å². The number of nitrogens with zero attached hydrogens (tertiary/aromatic N) is 7. The summed E-state index contributed by atoms with van der Waals surface area (Å²) in [5.74, 6) is -0.607. The average molecular weight is 886 g/mol. The number of aliphatic hydroxyl groups is 1. The number of anilines is 1. The first-order valence-electron chi connectivity index (χ1n) is 17.1. The summed E-state index contributed by atoms with van der Waals surface area (Å²) in [6, 6.07) is 12.5. The first-order chi connectivity index (χ1) is 28.2. The van der Waals surface area contributed by atoms with E-state index in [2.05, 4.69) is 20.3 Å². The van der Waals surface area contributed by atoms with Crippen molar-refractivity contribution < 1.29 is 60.2 Å². The molecule has 1 fully saturated rings. The van der Waals surface area contributed by atoms with Gasteiger partial charge in [-0.1, -0.05) is 18.2 Å². The van der Waals surface area contributed by atoms with Gasteiger partial charge in [0.15, 0.2) is 41.8 Å². The van der Waals surface area contributed by atoms with E-state index in [1.807, 2.05) is 4.98 Å². The number of ether oxygens (including phenoxy) is 2. The summed E-state index contributed by atoms with van der Waals surface area (Å²) in [5.41, 5.74) is -1.66. The van der Waals surface area contributed by atoms with Gasteiger partial charge in [-0.15, -0.1) is 0 Å². The number of carbonyl (C=O) groups is 1. The molecule has 9 unspecified atom stereocenters. The Morgan fingerprint density at radius 3 is 2.49 bits per heavy atom. The number of phosphoric acid groups is 1. The molecule has 1 aliphatic rings. The van der Waals surface area contributed by atoms with E-state index >= 15 is 8.78 Å². The van der Waals surface area contributed by atoms with Crippen LogP contribution in [0.3, 0.4) is 0 Å². The van der Waals surface area contributed by atoms with Crippen molar-refractivity contribution in [3.05, 3.63) is 81.7 Å². The molecular formula is C32H35F2N9O13P2S. The Morgan fingerprint density at radius 2 is 1.83 bits per heavy atom. The average Bonchev–Trinajstić information content (AvgIpc) is 3.78.